The van der Waals surface area contributed by atoms with Gasteiger partial charge in [0.15, 0.2) is 6.29 Å². The summed E-state index contributed by atoms with van der Waals surface area (Å²) in [6, 6.07) is 7.82. The average Bonchev–Trinajstić information content (AvgIpc) is 2.29. The maximum atomic E-state index is 5.57. The van der Waals surface area contributed by atoms with E-state index < -0.39 is 0 Å². The third-order valence-electron chi connectivity index (χ3n) is 1.97. The van der Waals surface area contributed by atoms with E-state index in [0.29, 0.717) is 19.8 Å². The zero-order valence-corrected chi connectivity index (χ0v) is 11.0. The summed E-state index contributed by atoms with van der Waals surface area (Å²) in [5, 5.41) is 1.14. The third-order valence-corrected chi connectivity index (χ3v) is 2.36. The Labute approximate surface area is 99.3 Å². The first-order valence-electron chi connectivity index (χ1n) is 5.47. The van der Waals surface area contributed by atoms with Gasteiger partial charge in [-0.3, -0.25) is 0 Å². The zero-order chi connectivity index (χ0) is 11.8. The van der Waals surface area contributed by atoms with Crippen LogP contribution in [0.4, 0.5) is 0 Å². The molecule has 1 unspecified atom stereocenters. The van der Waals surface area contributed by atoms with Crippen LogP contribution in [0.3, 0.4) is 0 Å². The Morgan fingerprint density at radius 2 is 1.62 bits per heavy atom. The van der Waals surface area contributed by atoms with E-state index in [4.69, 9.17) is 14.2 Å². The molecule has 0 radical (unpaired) electrons. The average molecular weight is 242 g/mol. The highest BCUT2D eigenvalue weighted by Gasteiger charge is 2.08. The second-order valence-corrected chi connectivity index (χ2v) is 3.89. The topological polar surface area (TPSA) is 27.7 Å². The van der Waals surface area contributed by atoms with Gasteiger partial charge >= 0.3 is 0 Å². The SMILES string of the molecule is CCOC(COc1ccc(P)cc1)OCC. The Morgan fingerprint density at radius 1 is 1.06 bits per heavy atom. The summed E-state index contributed by atoms with van der Waals surface area (Å²) >= 11 is 0. The molecule has 16 heavy (non-hydrogen) atoms. The summed E-state index contributed by atoms with van der Waals surface area (Å²) in [6.07, 6.45) is -0.286. The van der Waals surface area contributed by atoms with Crippen LogP contribution in [0.25, 0.3) is 0 Å². The number of rotatable bonds is 7. The van der Waals surface area contributed by atoms with Crippen LogP contribution in [0.15, 0.2) is 24.3 Å². The van der Waals surface area contributed by atoms with Crippen molar-refractivity contribution in [3.63, 3.8) is 0 Å². The standard InChI is InChI=1S/C12H19O3P/c1-3-13-12(14-4-2)9-15-10-5-7-11(16)8-6-10/h5-8,12H,3-4,9,16H2,1-2H3. The number of ether oxygens (including phenoxy) is 3. The van der Waals surface area contributed by atoms with Gasteiger partial charge in [-0.1, -0.05) is 12.1 Å². The lowest BCUT2D eigenvalue weighted by Gasteiger charge is -2.17. The molecule has 0 N–H and O–H groups in total. The summed E-state index contributed by atoms with van der Waals surface area (Å²) in [6.45, 7) is 5.54. The molecule has 0 aliphatic carbocycles. The maximum absolute atomic E-state index is 5.57. The van der Waals surface area contributed by atoms with Gasteiger partial charge in [-0.25, -0.2) is 0 Å². The van der Waals surface area contributed by atoms with Crippen LogP contribution < -0.4 is 10.0 Å². The molecule has 1 aromatic rings. The van der Waals surface area contributed by atoms with E-state index >= 15 is 0 Å². The third kappa shape index (κ3) is 4.93. The first-order chi connectivity index (χ1) is 7.76. The largest absolute Gasteiger partial charge is 0.488 e. The summed E-state index contributed by atoms with van der Waals surface area (Å²) in [5.41, 5.74) is 0. The molecule has 0 aliphatic rings. The molecule has 1 aromatic carbocycles. The Hall–Kier alpha value is -0.630. The van der Waals surface area contributed by atoms with E-state index in [1.54, 1.807) is 0 Å². The van der Waals surface area contributed by atoms with Crippen molar-refractivity contribution < 1.29 is 14.2 Å². The summed E-state index contributed by atoms with van der Waals surface area (Å²) in [5.74, 6) is 0.829. The summed E-state index contributed by atoms with van der Waals surface area (Å²) < 4.78 is 16.3. The van der Waals surface area contributed by atoms with Crippen molar-refractivity contribution in [3.05, 3.63) is 24.3 Å². The minimum absolute atomic E-state index is 0.286. The molecule has 0 saturated heterocycles. The Kier molecular flexibility index (Phi) is 6.39. The van der Waals surface area contributed by atoms with Crippen molar-refractivity contribution in [1.29, 1.82) is 0 Å². The van der Waals surface area contributed by atoms with Crippen LogP contribution in [0.2, 0.25) is 0 Å². The second-order valence-electron chi connectivity index (χ2n) is 3.22. The predicted octanol–water partition coefficient (Wildman–Crippen LogP) is 1.96. The molecule has 4 heteroatoms. The van der Waals surface area contributed by atoms with E-state index in [0.717, 1.165) is 11.1 Å². The zero-order valence-electron chi connectivity index (χ0n) is 9.81. The highest BCUT2D eigenvalue weighted by atomic mass is 31.0. The molecule has 0 amide bonds. The summed E-state index contributed by atoms with van der Waals surface area (Å²) in [7, 11) is 2.64. The lowest BCUT2D eigenvalue weighted by atomic mass is 10.3. The van der Waals surface area contributed by atoms with Crippen molar-refractivity contribution >= 4 is 14.5 Å². The predicted molar refractivity (Wildman–Crippen MR) is 68.3 cm³/mol. The maximum Gasteiger partial charge on any atom is 0.191 e. The highest BCUT2D eigenvalue weighted by Crippen LogP contribution is 2.10. The second kappa shape index (κ2) is 7.61. The monoisotopic (exact) mass is 242 g/mol. The molecule has 0 aromatic heterocycles. The molecule has 90 valence electrons. The summed E-state index contributed by atoms with van der Waals surface area (Å²) in [4.78, 5) is 0. The minimum atomic E-state index is -0.286. The van der Waals surface area contributed by atoms with Gasteiger partial charge in [-0.15, -0.1) is 9.24 Å². The molecule has 1 atom stereocenters. The van der Waals surface area contributed by atoms with Gasteiger partial charge in [0.25, 0.3) is 0 Å². The van der Waals surface area contributed by atoms with E-state index in [1.807, 2.05) is 38.1 Å². The Bertz CT molecular complexity index is 281. The van der Waals surface area contributed by atoms with Crippen molar-refractivity contribution in [2.75, 3.05) is 19.8 Å². The quantitative estimate of drug-likeness (QED) is 0.540. The fourth-order valence-corrected chi connectivity index (χ4v) is 1.44. The molecule has 0 bridgehead atoms. The number of hydrogen-bond acceptors (Lipinski definition) is 3. The van der Waals surface area contributed by atoms with Gasteiger partial charge in [-0.05, 0) is 31.3 Å². The van der Waals surface area contributed by atoms with E-state index in [2.05, 4.69) is 9.24 Å². The number of benzene rings is 1. The first kappa shape index (κ1) is 13.4. The smallest absolute Gasteiger partial charge is 0.191 e. The van der Waals surface area contributed by atoms with Gasteiger partial charge in [0.1, 0.15) is 12.4 Å². The van der Waals surface area contributed by atoms with Crippen LogP contribution in [0.1, 0.15) is 13.8 Å². The molecule has 0 heterocycles. The van der Waals surface area contributed by atoms with Gasteiger partial charge in [0.2, 0.25) is 0 Å². The van der Waals surface area contributed by atoms with Crippen molar-refractivity contribution in [2.45, 2.75) is 20.1 Å². The highest BCUT2D eigenvalue weighted by molar-refractivity contribution is 7.27. The van der Waals surface area contributed by atoms with Crippen LogP contribution in [0.5, 0.6) is 5.75 Å². The van der Waals surface area contributed by atoms with Gasteiger partial charge in [0.05, 0.1) is 0 Å². The minimum Gasteiger partial charge on any atom is -0.488 e. The first-order valence-corrected chi connectivity index (χ1v) is 6.05. The number of hydrogen-bond donors (Lipinski definition) is 0. The molecular weight excluding hydrogens is 223 g/mol. The van der Waals surface area contributed by atoms with E-state index in [9.17, 15) is 0 Å². The normalized spacial score (nSPS) is 10.8. The molecule has 0 fully saturated rings. The molecule has 0 saturated carbocycles. The molecule has 0 aliphatic heterocycles. The van der Waals surface area contributed by atoms with Crippen LogP contribution in [0, 0.1) is 0 Å². The molecule has 3 nitrogen and oxygen atoms in total. The van der Waals surface area contributed by atoms with Gasteiger partial charge in [-0.2, -0.15) is 0 Å². The van der Waals surface area contributed by atoms with E-state index in [1.165, 1.54) is 0 Å². The van der Waals surface area contributed by atoms with Crippen LogP contribution in [-0.2, 0) is 9.47 Å². The van der Waals surface area contributed by atoms with Crippen LogP contribution in [-0.4, -0.2) is 26.1 Å². The molecule has 1 rings (SSSR count). The Balaban J connectivity index is 2.38. The lowest BCUT2D eigenvalue weighted by molar-refractivity contribution is -0.152. The Morgan fingerprint density at radius 3 is 2.12 bits per heavy atom. The van der Waals surface area contributed by atoms with Crippen molar-refractivity contribution in [1.82, 2.24) is 0 Å². The van der Waals surface area contributed by atoms with Gasteiger partial charge < -0.3 is 14.2 Å². The van der Waals surface area contributed by atoms with Crippen molar-refractivity contribution in [3.8, 4) is 5.75 Å². The fourth-order valence-electron chi connectivity index (χ4n) is 1.24. The lowest BCUT2D eigenvalue weighted by Crippen LogP contribution is -2.25. The van der Waals surface area contributed by atoms with Crippen LogP contribution >= 0.6 is 9.24 Å². The molecular formula is C12H19O3P. The molecule has 0 spiro atoms. The van der Waals surface area contributed by atoms with E-state index in [-0.39, 0.29) is 6.29 Å². The van der Waals surface area contributed by atoms with Gasteiger partial charge in [0, 0.05) is 13.2 Å². The van der Waals surface area contributed by atoms with Crippen molar-refractivity contribution in [2.24, 2.45) is 0 Å². The fraction of sp³-hybridized carbons (Fsp3) is 0.500.